The van der Waals surface area contributed by atoms with Gasteiger partial charge >= 0.3 is 5.69 Å². The van der Waals surface area contributed by atoms with Crippen molar-refractivity contribution in [3.8, 4) is 0 Å². The molecule has 7 nitrogen and oxygen atoms in total. The highest BCUT2D eigenvalue weighted by Crippen LogP contribution is 2.24. The molecule has 2 heterocycles. The molecule has 0 atom stereocenters. The van der Waals surface area contributed by atoms with Crippen molar-refractivity contribution in [1.82, 2.24) is 9.55 Å². The molecule has 2 rings (SSSR count). The van der Waals surface area contributed by atoms with Crippen molar-refractivity contribution < 1.29 is 4.79 Å². The summed E-state index contributed by atoms with van der Waals surface area (Å²) in [4.78, 5) is 40.2. The predicted molar refractivity (Wildman–Crippen MR) is 92.9 cm³/mol. The summed E-state index contributed by atoms with van der Waals surface area (Å²) in [6.45, 7) is 6.08. The third-order valence-electron chi connectivity index (χ3n) is 3.56. The molecule has 2 aromatic rings. The van der Waals surface area contributed by atoms with Crippen LogP contribution in [0, 0.1) is 6.92 Å². The lowest BCUT2D eigenvalue weighted by atomic mass is 10.2. The second-order valence-corrected chi connectivity index (χ2v) is 6.14. The monoisotopic (exact) mass is 336 g/mol. The molecule has 0 aliphatic heterocycles. The van der Waals surface area contributed by atoms with Gasteiger partial charge in [-0.1, -0.05) is 6.92 Å². The average molecular weight is 336 g/mol. The van der Waals surface area contributed by atoms with E-state index in [4.69, 9.17) is 0 Å². The maximum Gasteiger partial charge on any atom is 0.330 e. The summed E-state index contributed by atoms with van der Waals surface area (Å²) in [6, 6.07) is 1.82. The number of nitrogens with zero attached hydrogens (tertiary/aromatic N) is 1. The van der Waals surface area contributed by atoms with Gasteiger partial charge in [0.1, 0.15) is 11.5 Å². The number of amides is 1. The van der Waals surface area contributed by atoms with E-state index < -0.39 is 11.2 Å². The fraction of sp³-hybridized carbons (Fsp3) is 0.400. The number of thiophene rings is 1. The van der Waals surface area contributed by atoms with E-state index in [9.17, 15) is 14.4 Å². The van der Waals surface area contributed by atoms with Crippen molar-refractivity contribution in [2.75, 3.05) is 17.7 Å². The number of carbonyl (C=O) groups excluding carboxylic acids is 1. The fourth-order valence-electron chi connectivity index (χ4n) is 2.39. The number of anilines is 2. The minimum atomic E-state index is -0.561. The van der Waals surface area contributed by atoms with Crippen LogP contribution >= 0.6 is 11.3 Å². The Hall–Kier alpha value is -2.35. The van der Waals surface area contributed by atoms with Crippen LogP contribution < -0.4 is 21.9 Å². The van der Waals surface area contributed by atoms with Gasteiger partial charge in [0.2, 0.25) is 0 Å². The zero-order valence-electron chi connectivity index (χ0n) is 13.6. The Balaban J connectivity index is 2.48. The van der Waals surface area contributed by atoms with Gasteiger partial charge in [-0.2, -0.15) is 0 Å². The first kappa shape index (κ1) is 17.0. The average Bonchev–Trinajstić information content (AvgIpc) is 2.88. The first-order valence-corrected chi connectivity index (χ1v) is 8.20. The van der Waals surface area contributed by atoms with Gasteiger partial charge in [-0.25, -0.2) is 4.79 Å². The number of carbonyl (C=O) groups is 1. The smallest absolute Gasteiger partial charge is 0.330 e. The topological polar surface area (TPSA) is 96.0 Å². The summed E-state index contributed by atoms with van der Waals surface area (Å²) >= 11 is 1.42. The van der Waals surface area contributed by atoms with Gasteiger partial charge in [0.05, 0.1) is 4.88 Å². The van der Waals surface area contributed by atoms with Crippen molar-refractivity contribution in [1.29, 1.82) is 0 Å². The number of aromatic nitrogens is 2. The molecule has 0 unspecified atom stereocenters. The molecular weight excluding hydrogens is 316 g/mol. The van der Waals surface area contributed by atoms with Crippen LogP contribution in [0.3, 0.4) is 0 Å². The van der Waals surface area contributed by atoms with E-state index in [0.717, 1.165) is 16.9 Å². The molecule has 0 spiro atoms. The maximum absolute atomic E-state index is 12.5. The molecule has 8 heteroatoms. The minimum Gasteiger partial charge on any atom is -0.381 e. The van der Waals surface area contributed by atoms with Gasteiger partial charge in [0, 0.05) is 18.5 Å². The Labute approximate surface area is 137 Å². The lowest BCUT2D eigenvalue weighted by molar-refractivity contribution is 0.102. The summed E-state index contributed by atoms with van der Waals surface area (Å²) in [5.41, 5.74) is 0.108. The van der Waals surface area contributed by atoms with Crippen LogP contribution in [-0.4, -0.2) is 22.5 Å². The van der Waals surface area contributed by atoms with Crippen molar-refractivity contribution >= 4 is 28.7 Å². The molecule has 0 radical (unpaired) electrons. The molecule has 1 amide bonds. The van der Waals surface area contributed by atoms with Crippen molar-refractivity contribution in [2.24, 2.45) is 0 Å². The molecule has 2 aromatic heterocycles. The highest BCUT2D eigenvalue weighted by Gasteiger charge is 2.18. The quantitative estimate of drug-likeness (QED) is 0.775. The van der Waals surface area contributed by atoms with Gasteiger partial charge < -0.3 is 10.6 Å². The van der Waals surface area contributed by atoms with E-state index in [1.807, 2.05) is 19.9 Å². The molecule has 0 bridgehead atoms. The molecule has 0 aliphatic carbocycles. The van der Waals surface area contributed by atoms with E-state index in [2.05, 4.69) is 15.6 Å². The van der Waals surface area contributed by atoms with Crippen LogP contribution in [0.1, 0.15) is 34.0 Å². The summed E-state index contributed by atoms with van der Waals surface area (Å²) < 4.78 is 1.31. The van der Waals surface area contributed by atoms with Gasteiger partial charge in [-0.05, 0) is 31.9 Å². The fourth-order valence-corrected chi connectivity index (χ4v) is 3.40. The third kappa shape index (κ3) is 3.21. The Bertz CT molecular complexity index is 811. The van der Waals surface area contributed by atoms with Crippen LogP contribution in [0.4, 0.5) is 11.5 Å². The SMILES string of the molecule is CCc1sc(C(=O)Nc2c(NC)c(=O)[nH]c(=O)n2CC)cc1C. The molecule has 23 heavy (non-hydrogen) atoms. The van der Waals surface area contributed by atoms with Crippen molar-refractivity contribution in [3.63, 3.8) is 0 Å². The number of aromatic amines is 1. The Morgan fingerprint density at radius 1 is 1.35 bits per heavy atom. The van der Waals surface area contributed by atoms with Crippen LogP contribution in [0.5, 0.6) is 0 Å². The molecule has 0 saturated carbocycles. The molecular formula is C15H20N4O3S. The third-order valence-corrected chi connectivity index (χ3v) is 4.94. The number of nitrogens with one attached hydrogen (secondary N) is 3. The van der Waals surface area contributed by atoms with Crippen LogP contribution in [0.15, 0.2) is 15.7 Å². The normalized spacial score (nSPS) is 10.6. The minimum absolute atomic E-state index is 0.156. The lowest BCUT2D eigenvalue weighted by Crippen LogP contribution is -2.34. The second-order valence-electron chi connectivity index (χ2n) is 5.00. The zero-order chi connectivity index (χ0) is 17.1. The largest absolute Gasteiger partial charge is 0.381 e. The van der Waals surface area contributed by atoms with E-state index in [1.54, 1.807) is 14.0 Å². The van der Waals surface area contributed by atoms with Gasteiger partial charge in [-0.3, -0.25) is 19.1 Å². The van der Waals surface area contributed by atoms with Crippen molar-refractivity contribution in [3.05, 3.63) is 42.2 Å². The number of H-pyrrole nitrogens is 1. The van der Waals surface area contributed by atoms with Gasteiger partial charge in [-0.15, -0.1) is 11.3 Å². The molecule has 0 aliphatic rings. The van der Waals surface area contributed by atoms with E-state index in [1.165, 1.54) is 15.9 Å². The second kappa shape index (κ2) is 6.82. The van der Waals surface area contributed by atoms with Crippen LogP contribution in [-0.2, 0) is 13.0 Å². The van der Waals surface area contributed by atoms with E-state index in [-0.39, 0.29) is 17.4 Å². The number of aryl methyl sites for hydroxylation is 2. The highest BCUT2D eigenvalue weighted by atomic mass is 32.1. The van der Waals surface area contributed by atoms with Crippen LogP contribution in [0.2, 0.25) is 0 Å². The summed E-state index contributed by atoms with van der Waals surface area (Å²) in [6.07, 6.45) is 0.857. The Kier molecular flexibility index (Phi) is 5.05. The summed E-state index contributed by atoms with van der Waals surface area (Å²) in [5.74, 6) is -0.153. The molecule has 0 aromatic carbocycles. The highest BCUT2D eigenvalue weighted by molar-refractivity contribution is 7.14. The molecule has 3 N–H and O–H groups in total. The van der Waals surface area contributed by atoms with E-state index in [0.29, 0.717) is 11.4 Å². The standard InChI is InChI=1S/C15H20N4O3S/c1-5-9-8(3)7-10(23-9)13(20)17-12-11(16-4)14(21)18-15(22)19(12)6-2/h7,16H,5-6H2,1-4H3,(H,17,20)(H,18,21,22). The zero-order valence-corrected chi connectivity index (χ0v) is 14.4. The number of rotatable bonds is 5. The maximum atomic E-state index is 12.5. The van der Waals surface area contributed by atoms with Crippen molar-refractivity contribution in [2.45, 2.75) is 33.7 Å². The summed E-state index contributed by atoms with van der Waals surface area (Å²) in [7, 11) is 1.56. The number of hydrogen-bond acceptors (Lipinski definition) is 5. The molecule has 0 fully saturated rings. The van der Waals surface area contributed by atoms with Gasteiger partial charge in [0.15, 0.2) is 0 Å². The molecule has 0 saturated heterocycles. The molecule has 124 valence electrons. The van der Waals surface area contributed by atoms with E-state index >= 15 is 0 Å². The lowest BCUT2D eigenvalue weighted by Gasteiger charge is -2.14. The first-order chi connectivity index (χ1) is 10.9. The summed E-state index contributed by atoms with van der Waals surface area (Å²) in [5, 5.41) is 5.43. The Morgan fingerprint density at radius 2 is 2.04 bits per heavy atom. The van der Waals surface area contributed by atoms with Crippen LogP contribution in [0.25, 0.3) is 0 Å². The predicted octanol–water partition coefficient (Wildman–Crippen LogP) is 1.78. The van der Waals surface area contributed by atoms with Gasteiger partial charge in [0.25, 0.3) is 11.5 Å². The number of hydrogen-bond donors (Lipinski definition) is 3. The Morgan fingerprint density at radius 3 is 2.57 bits per heavy atom. The first-order valence-electron chi connectivity index (χ1n) is 7.38.